The first-order valence-corrected chi connectivity index (χ1v) is 10.4. The average molecular weight is 377 g/mol. The predicted molar refractivity (Wildman–Crippen MR) is 102 cm³/mol. The number of sulfonamides is 1. The van der Waals surface area contributed by atoms with Gasteiger partial charge in [-0.3, -0.25) is 9.52 Å². The van der Waals surface area contributed by atoms with E-state index in [2.05, 4.69) is 10.0 Å². The van der Waals surface area contributed by atoms with Crippen molar-refractivity contribution in [3.8, 4) is 0 Å². The summed E-state index contributed by atoms with van der Waals surface area (Å²) in [6.07, 6.45) is 0. The molecule has 0 saturated heterocycles. The largest absolute Gasteiger partial charge is 0.325 e. The van der Waals surface area contributed by atoms with E-state index in [0.29, 0.717) is 17.1 Å². The summed E-state index contributed by atoms with van der Waals surface area (Å²) in [5, 5.41) is 2.82. The second-order valence-corrected chi connectivity index (χ2v) is 8.96. The maximum Gasteiger partial charge on any atom is 0.261 e. The molecule has 1 heterocycles. The van der Waals surface area contributed by atoms with Crippen LogP contribution in [0.15, 0.2) is 46.2 Å². The molecule has 0 unspecified atom stereocenters. The van der Waals surface area contributed by atoms with Gasteiger partial charge in [0.25, 0.3) is 10.0 Å². The molecule has 0 fully saturated rings. The third-order valence-corrected chi connectivity index (χ3v) is 7.00. The van der Waals surface area contributed by atoms with Gasteiger partial charge in [0.05, 0.1) is 16.3 Å². The van der Waals surface area contributed by atoms with Crippen LogP contribution in [0.3, 0.4) is 0 Å². The van der Waals surface area contributed by atoms with Crippen LogP contribution in [-0.2, 0) is 14.8 Å². The molecule has 132 valence electrons. The average Bonchev–Trinajstić information content (AvgIpc) is 2.70. The van der Waals surface area contributed by atoms with E-state index < -0.39 is 10.0 Å². The smallest absolute Gasteiger partial charge is 0.261 e. The minimum Gasteiger partial charge on any atom is -0.325 e. The molecule has 7 heteroatoms. The zero-order chi connectivity index (χ0) is 18.2. The zero-order valence-corrected chi connectivity index (χ0v) is 15.9. The van der Waals surface area contributed by atoms with Gasteiger partial charge in [-0.15, -0.1) is 11.8 Å². The van der Waals surface area contributed by atoms with Gasteiger partial charge in [0.2, 0.25) is 5.91 Å². The van der Waals surface area contributed by atoms with Crippen molar-refractivity contribution in [1.29, 1.82) is 0 Å². The summed E-state index contributed by atoms with van der Waals surface area (Å²) in [6.45, 7) is 5.67. The maximum absolute atomic E-state index is 12.8. The number of benzene rings is 2. The first kappa shape index (κ1) is 17.8. The SMILES string of the molecule is Cc1cccc(NS(=O)(=O)c2ccc3c(c2)NC(=O)[C@H](C)CS3)c1C. The Labute approximate surface area is 152 Å². The molecule has 0 saturated carbocycles. The van der Waals surface area contributed by atoms with Crippen LogP contribution in [0.1, 0.15) is 18.1 Å². The van der Waals surface area contributed by atoms with Crippen molar-refractivity contribution in [3.63, 3.8) is 0 Å². The first-order valence-electron chi connectivity index (χ1n) is 7.94. The van der Waals surface area contributed by atoms with E-state index in [9.17, 15) is 13.2 Å². The van der Waals surface area contributed by atoms with Crippen molar-refractivity contribution in [2.75, 3.05) is 15.8 Å². The second kappa shape index (κ2) is 6.72. The van der Waals surface area contributed by atoms with E-state index >= 15 is 0 Å². The van der Waals surface area contributed by atoms with Crippen LogP contribution in [0.5, 0.6) is 0 Å². The van der Waals surface area contributed by atoms with Crippen molar-refractivity contribution in [2.24, 2.45) is 5.92 Å². The Bertz CT molecular complexity index is 939. The van der Waals surface area contributed by atoms with Crippen LogP contribution in [0.2, 0.25) is 0 Å². The quantitative estimate of drug-likeness (QED) is 0.855. The van der Waals surface area contributed by atoms with E-state index in [0.717, 1.165) is 16.0 Å². The van der Waals surface area contributed by atoms with Gasteiger partial charge < -0.3 is 5.32 Å². The highest BCUT2D eigenvalue weighted by molar-refractivity contribution is 7.99. The lowest BCUT2D eigenvalue weighted by Crippen LogP contribution is -2.20. The van der Waals surface area contributed by atoms with Crippen LogP contribution in [0.25, 0.3) is 0 Å². The van der Waals surface area contributed by atoms with Gasteiger partial charge in [-0.2, -0.15) is 0 Å². The fraction of sp³-hybridized carbons (Fsp3) is 0.278. The Morgan fingerprint density at radius 1 is 1.20 bits per heavy atom. The van der Waals surface area contributed by atoms with Crippen LogP contribution >= 0.6 is 11.8 Å². The lowest BCUT2D eigenvalue weighted by Gasteiger charge is -2.14. The van der Waals surface area contributed by atoms with Gasteiger partial charge in [-0.1, -0.05) is 19.1 Å². The molecule has 0 radical (unpaired) electrons. The van der Waals surface area contributed by atoms with Crippen molar-refractivity contribution < 1.29 is 13.2 Å². The van der Waals surface area contributed by atoms with Crippen LogP contribution in [0.4, 0.5) is 11.4 Å². The molecular formula is C18H20N2O3S2. The highest BCUT2D eigenvalue weighted by Gasteiger charge is 2.23. The van der Waals surface area contributed by atoms with Crippen molar-refractivity contribution >= 4 is 39.1 Å². The summed E-state index contributed by atoms with van der Waals surface area (Å²) in [7, 11) is -3.74. The molecule has 1 aliphatic heterocycles. The van der Waals surface area contributed by atoms with E-state index in [-0.39, 0.29) is 16.7 Å². The monoisotopic (exact) mass is 376 g/mol. The normalized spacial score (nSPS) is 17.4. The Morgan fingerprint density at radius 2 is 1.96 bits per heavy atom. The number of hydrogen-bond acceptors (Lipinski definition) is 4. The van der Waals surface area contributed by atoms with Gasteiger partial charge in [-0.25, -0.2) is 8.42 Å². The van der Waals surface area contributed by atoms with Crippen LogP contribution < -0.4 is 10.0 Å². The molecule has 1 aliphatic rings. The third-order valence-electron chi connectivity index (χ3n) is 4.30. The number of carbonyl (C=O) groups excluding carboxylic acids is 1. The number of nitrogens with one attached hydrogen (secondary N) is 2. The molecule has 0 spiro atoms. The number of carbonyl (C=O) groups is 1. The Morgan fingerprint density at radius 3 is 2.72 bits per heavy atom. The molecule has 0 aromatic heterocycles. The van der Waals surface area contributed by atoms with Crippen molar-refractivity contribution in [3.05, 3.63) is 47.5 Å². The second-order valence-electron chi connectivity index (χ2n) is 6.21. The minimum absolute atomic E-state index is 0.0942. The van der Waals surface area contributed by atoms with Gasteiger partial charge in [0, 0.05) is 16.6 Å². The standard InChI is InChI=1S/C18H20N2O3S2/c1-11-5-4-6-15(13(11)3)20-25(22,23)14-7-8-17-16(9-14)19-18(21)12(2)10-24-17/h4-9,12,20H,10H2,1-3H3,(H,19,21)/t12-/m1/s1. The molecule has 2 aromatic carbocycles. The molecular weight excluding hydrogens is 356 g/mol. The van der Waals surface area contributed by atoms with E-state index in [1.165, 1.54) is 6.07 Å². The predicted octanol–water partition coefficient (Wildman–Crippen LogP) is 3.78. The number of anilines is 2. The number of aryl methyl sites for hydroxylation is 1. The van der Waals surface area contributed by atoms with E-state index in [4.69, 9.17) is 0 Å². The highest BCUT2D eigenvalue weighted by Crippen LogP contribution is 2.34. The molecule has 1 amide bonds. The number of rotatable bonds is 3. The lowest BCUT2D eigenvalue weighted by molar-refractivity contribution is -0.118. The van der Waals surface area contributed by atoms with Gasteiger partial charge in [-0.05, 0) is 49.2 Å². The topological polar surface area (TPSA) is 75.3 Å². The fourth-order valence-corrected chi connectivity index (χ4v) is 4.67. The van der Waals surface area contributed by atoms with Crippen LogP contribution in [0, 0.1) is 19.8 Å². The number of fused-ring (bicyclic) bond motifs is 1. The lowest BCUT2D eigenvalue weighted by atomic mass is 10.1. The summed E-state index contributed by atoms with van der Waals surface area (Å²) in [6, 6.07) is 10.3. The molecule has 2 N–H and O–H groups in total. The molecule has 0 bridgehead atoms. The number of amides is 1. The summed E-state index contributed by atoms with van der Waals surface area (Å²) >= 11 is 1.55. The van der Waals surface area contributed by atoms with E-state index in [1.807, 2.05) is 32.9 Å². The molecule has 3 rings (SSSR count). The van der Waals surface area contributed by atoms with Crippen LogP contribution in [-0.4, -0.2) is 20.1 Å². The van der Waals surface area contributed by atoms with Gasteiger partial charge >= 0.3 is 0 Å². The summed E-state index contributed by atoms with van der Waals surface area (Å²) < 4.78 is 28.1. The third kappa shape index (κ3) is 3.67. The maximum atomic E-state index is 12.8. The number of hydrogen-bond donors (Lipinski definition) is 2. The Balaban J connectivity index is 1.95. The van der Waals surface area contributed by atoms with Gasteiger partial charge in [0.1, 0.15) is 0 Å². The van der Waals surface area contributed by atoms with Crippen molar-refractivity contribution in [2.45, 2.75) is 30.6 Å². The molecule has 0 aliphatic carbocycles. The summed E-state index contributed by atoms with van der Waals surface area (Å²) in [5.41, 5.74) is 3.00. The molecule has 1 atom stereocenters. The zero-order valence-electron chi connectivity index (χ0n) is 14.3. The molecule has 25 heavy (non-hydrogen) atoms. The first-order chi connectivity index (χ1) is 11.8. The summed E-state index contributed by atoms with van der Waals surface area (Å²) in [4.78, 5) is 13.0. The Kier molecular flexibility index (Phi) is 4.79. The van der Waals surface area contributed by atoms with Gasteiger partial charge in [0.15, 0.2) is 0 Å². The molecule has 5 nitrogen and oxygen atoms in total. The minimum atomic E-state index is -3.74. The highest BCUT2D eigenvalue weighted by atomic mass is 32.2. The van der Waals surface area contributed by atoms with Crippen molar-refractivity contribution in [1.82, 2.24) is 0 Å². The Hall–Kier alpha value is -1.99. The molecule has 2 aromatic rings. The fourth-order valence-electron chi connectivity index (χ4n) is 2.51. The number of thioether (sulfide) groups is 1. The van der Waals surface area contributed by atoms with E-state index in [1.54, 1.807) is 30.0 Å². The summed E-state index contributed by atoms with van der Waals surface area (Å²) in [5.74, 6) is 0.458.